The number of rotatable bonds is 3. The predicted molar refractivity (Wildman–Crippen MR) is 111 cm³/mol. The van der Waals surface area contributed by atoms with E-state index < -0.39 is 6.10 Å². The second-order valence-electron chi connectivity index (χ2n) is 8.34. The van der Waals surface area contributed by atoms with E-state index in [0.717, 1.165) is 31.2 Å². The number of benzene rings is 2. The van der Waals surface area contributed by atoms with Gasteiger partial charge in [-0.05, 0) is 48.6 Å². The zero-order chi connectivity index (χ0) is 20.7. The van der Waals surface area contributed by atoms with Crippen molar-refractivity contribution in [2.24, 2.45) is 11.8 Å². The van der Waals surface area contributed by atoms with Crippen LogP contribution in [0.5, 0.6) is 11.5 Å². The molecule has 2 aliphatic heterocycles. The summed E-state index contributed by atoms with van der Waals surface area (Å²) in [6, 6.07) is 12.9. The largest absolute Gasteiger partial charge is 0.508 e. The van der Waals surface area contributed by atoms with Crippen LogP contribution >= 0.6 is 0 Å². The molecule has 5 rings (SSSR count). The number of ether oxygens (including phenoxy) is 1. The summed E-state index contributed by atoms with van der Waals surface area (Å²) in [5, 5.41) is 12.8. The molecule has 2 aromatic rings. The number of hydrogen-bond donors (Lipinski definition) is 4. The summed E-state index contributed by atoms with van der Waals surface area (Å²) < 4.78 is 5.69. The highest BCUT2D eigenvalue weighted by Gasteiger charge is 2.40. The molecule has 4 N–H and O–H groups in total. The number of hydrazine groups is 1. The second-order valence-corrected chi connectivity index (χ2v) is 8.34. The smallest absolute Gasteiger partial charge is 0.265 e. The number of amides is 2. The number of fused-ring (bicyclic) bond motifs is 2. The highest BCUT2D eigenvalue weighted by molar-refractivity contribution is 5.95. The van der Waals surface area contributed by atoms with Gasteiger partial charge in [0.25, 0.3) is 5.91 Å². The summed E-state index contributed by atoms with van der Waals surface area (Å²) in [5.74, 6) is 0.934. The van der Waals surface area contributed by atoms with Crippen molar-refractivity contribution >= 4 is 17.5 Å². The van der Waals surface area contributed by atoms with Gasteiger partial charge < -0.3 is 15.2 Å². The average Bonchev–Trinajstić information content (AvgIpc) is 3.21. The molecule has 156 valence electrons. The van der Waals surface area contributed by atoms with Crippen LogP contribution in [0.3, 0.4) is 0 Å². The third kappa shape index (κ3) is 3.39. The standard InChI is InChI=1S/C23H25N3O4/c27-18-6-3-7-19-17(18)12-20(30-19)23(29)24-14-10-8-13(9-11-14)21-15-4-1-2-5-16(15)22(28)26-25-21/h3,6-11,15-16,20-21,25,27H,1-2,4-5,12H2,(H,24,29)(H,26,28). The first-order valence-corrected chi connectivity index (χ1v) is 10.5. The number of hydrogen-bond acceptors (Lipinski definition) is 5. The lowest BCUT2D eigenvalue weighted by atomic mass is 9.72. The Balaban J connectivity index is 1.25. The van der Waals surface area contributed by atoms with Gasteiger partial charge in [0.05, 0.1) is 6.04 Å². The predicted octanol–water partition coefficient (Wildman–Crippen LogP) is 2.82. The van der Waals surface area contributed by atoms with Gasteiger partial charge in [-0.3, -0.25) is 15.0 Å². The summed E-state index contributed by atoms with van der Waals surface area (Å²) >= 11 is 0. The lowest BCUT2D eigenvalue weighted by Crippen LogP contribution is -2.55. The first-order chi connectivity index (χ1) is 14.6. The van der Waals surface area contributed by atoms with Gasteiger partial charge in [0.2, 0.25) is 5.91 Å². The highest BCUT2D eigenvalue weighted by Crippen LogP contribution is 2.41. The quantitative estimate of drug-likeness (QED) is 0.627. The van der Waals surface area contributed by atoms with Crippen molar-refractivity contribution in [1.29, 1.82) is 0 Å². The normalized spacial score (nSPS) is 27.4. The molecule has 0 radical (unpaired) electrons. The maximum absolute atomic E-state index is 12.6. The van der Waals surface area contributed by atoms with Gasteiger partial charge >= 0.3 is 0 Å². The molecule has 0 aromatic heterocycles. The number of carbonyl (C=O) groups excluding carboxylic acids is 2. The van der Waals surface area contributed by atoms with Gasteiger partial charge in [0, 0.05) is 23.6 Å². The van der Waals surface area contributed by atoms with E-state index in [9.17, 15) is 14.7 Å². The maximum atomic E-state index is 12.6. The molecule has 7 nitrogen and oxygen atoms in total. The number of carbonyl (C=O) groups is 2. The molecule has 3 aliphatic rings. The van der Waals surface area contributed by atoms with Crippen LogP contribution < -0.4 is 20.9 Å². The molecule has 4 atom stereocenters. The topological polar surface area (TPSA) is 99.7 Å². The molecule has 0 bridgehead atoms. The number of phenolic OH excluding ortho intramolecular Hbond substituents is 1. The fourth-order valence-corrected chi connectivity index (χ4v) is 4.96. The Kier molecular flexibility index (Phi) is 4.83. The van der Waals surface area contributed by atoms with Gasteiger partial charge in [0.1, 0.15) is 11.5 Å². The van der Waals surface area contributed by atoms with E-state index in [0.29, 0.717) is 29.3 Å². The summed E-state index contributed by atoms with van der Waals surface area (Å²) in [5.41, 5.74) is 8.46. The molecule has 30 heavy (non-hydrogen) atoms. The highest BCUT2D eigenvalue weighted by atomic mass is 16.5. The Bertz CT molecular complexity index is 975. The number of phenols is 1. The van der Waals surface area contributed by atoms with E-state index in [2.05, 4.69) is 16.2 Å². The van der Waals surface area contributed by atoms with Crippen LogP contribution in [0.4, 0.5) is 5.69 Å². The zero-order valence-corrected chi connectivity index (χ0v) is 16.6. The monoisotopic (exact) mass is 407 g/mol. The van der Waals surface area contributed by atoms with Crippen molar-refractivity contribution in [2.45, 2.75) is 44.2 Å². The fourth-order valence-electron chi connectivity index (χ4n) is 4.96. The van der Waals surface area contributed by atoms with Crippen LogP contribution in [0.25, 0.3) is 0 Å². The van der Waals surface area contributed by atoms with Gasteiger partial charge in [0.15, 0.2) is 6.10 Å². The van der Waals surface area contributed by atoms with E-state index in [1.807, 2.05) is 24.3 Å². The Morgan fingerprint density at radius 1 is 1.10 bits per heavy atom. The van der Waals surface area contributed by atoms with Crippen LogP contribution in [0.15, 0.2) is 42.5 Å². The number of aromatic hydroxyl groups is 1. The molecule has 2 amide bonds. The minimum absolute atomic E-state index is 0.0712. The van der Waals surface area contributed by atoms with Crippen LogP contribution in [0.2, 0.25) is 0 Å². The lowest BCUT2D eigenvalue weighted by molar-refractivity contribution is -0.133. The van der Waals surface area contributed by atoms with Crippen LogP contribution in [-0.4, -0.2) is 23.0 Å². The maximum Gasteiger partial charge on any atom is 0.265 e. The third-order valence-electron chi connectivity index (χ3n) is 6.53. The van der Waals surface area contributed by atoms with Crippen LogP contribution in [0, 0.1) is 11.8 Å². The van der Waals surface area contributed by atoms with Crippen molar-refractivity contribution < 1.29 is 19.4 Å². The molecule has 2 aromatic carbocycles. The third-order valence-corrected chi connectivity index (χ3v) is 6.53. The zero-order valence-electron chi connectivity index (χ0n) is 16.6. The van der Waals surface area contributed by atoms with Crippen molar-refractivity contribution in [2.75, 3.05) is 5.32 Å². The fraction of sp³-hybridized carbons (Fsp3) is 0.391. The number of nitrogens with one attached hydrogen (secondary N) is 3. The molecule has 1 saturated heterocycles. The first-order valence-electron chi connectivity index (χ1n) is 10.5. The van der Waals surface area contributed by atoms with Gasteiger partial charge in [-0.15, -0.1) is 0 Å². The minimum Gasteiger partial charge on any atom is -0.508 e. The lowest BCUT2D eigenvalue weighted by Gasteiger charge is -2.41. The minimum atomic E-state index is -0.661. The van der Waals surface area contributed by atoms with Crippen molar-refractivity contribution in [3.63, 3.8) is 0 Å². The first kappa shape index (κ1) is 18.9. The Morgan fingerprint density at radius 3 is 2.70 bits per heavy atom. The molecule has 1 aliphatic carbocycles. The van der Waals surface area contributed by atoms with E-state index >= 15 is 0 Å². The van der Waals surface area contributed by atoms with Crippen molar-refractivity contribution in [1.82, 2.24) is 10.9 Å². The van der Waals surface area contributed by atoms with Gasteiger partial charge in [-0.2, -0.15) is 0 Å². The molecule has 1 saturated carbocycles. The molecular formula is C23H25N3O4. The molecular weight excluding hydrogens is 382 g/mol. The van der Waals surface area contributed by atoms with Crippen LogP contribution in [-0.2, 0) is 16.0 Å². The number of anilines is 1. The molecule has 2 fully saturated rings. The molecule has 0 spiro atoms. The summed E-state index contributed by atoms with van der Waals surface area (Å²) in [7, 11) is 0. The molecule has 4 unspecified atom stereocenters. The summed E-state index contributed by atoms with van der Waals surface area (Å²) in [4.78, 5) is 24.8. The Labute approximate surface area is 174 Å². The Hall–Kier alpha value is -3.06. The van der Waals surface area contributed by atoms with Crippen LogP contribution in [0.1, 0.15) is 42.9 Å². The summed E-state index contributed by atoms with van der Waals surface area (Å²) in [6.07, 6.45) is 3.94. The van der Waals surface area contributed by atoms with E-state index in [4.69, 9.17) is 4.74 Å². The molecule has 2 heterocycles. The second kappa shape index (κ2) is 7.65. The SMILES string of the molecule is O=C(Nc1ccc(C2NNC(=O)C3CCCCC32)cc1)C1Cc2c(O)cccc2O1. The van der Waals surface area contributed by atoms with Crippen molar-refractivity contribution in [3.05, 3.63) is 53.6 Å². The average molecular weight is 407 g/mol. The van der Waals surface area contributed by atoms with Crippen molar-refractivity contribution in [3.8, 4) is 11.5 Å². The van der Waals surface area contributed by atoms with Gasteiger partial charge in [-0.25, -0.2) is 5.43 Å². The Morgan fingerprint density at radius 2 is 1.90 bits per heavy atom. The van der Waals surface area contributed by atoms with E-state index in [1.165, 1.54) is 0 Å². The van der Waals surface area contributed by atoms with E-state index in [1.54, 1.807) is 18.2 Å². The van der Waals surface area contributed by atoms with E-state index in [-0.39, 0.29) is 29.5 Å². The van der Waals surface area contributed by atoms with Gasteiger partial charge in [-0.1, -0.05) is 31.0 Å². The molecule has 7 heteroatoms. The summed E-state index contributed by atoms with van der Waals surface area (Å²) in [6.45, 7) is 0.